The van der Waals surface area contributed by atoms with E-state index in [1.165, 1.54) is 48.9 Å². The molecule has 112 valence electrons. The molecule has 4 rings (SSSR count). The van der Waals surface area contributed by atoms with Crippen LogP contribution in [0.1, 0.15) is 50.9 Å². The topological polar surface area (TPSA) is 19.0 Å². The molecule has 0 radical (unpaired) electrons. The summed E-state index contributed by atoms with van der Waals surface area (Å²) in [6.45, 7) is 9.71. The van der Waals surface area contributed by atoms with Gasteiger partial charge in [-0.2, -0.15) is 0 Å². The normalized spacial score (nSPS) is 26.6. The fourth-order valence-electron chi connectivity index (χ4n) is 4.40. The van der Waals surface area contributed by atoms with Gasteiger partial charge in [0, 0.05) is 23.1 Å². The van der Waals surface area contributed by atoms with Crippen LogP contribution in [-0.4, -0.2) is 23.0 Å². The molecule has 21 heavy (non-hydrogen) atoms. The summed E-state index contributed by atoms with van der Waals surface area (Å²) in [5.74, 6) is 0.830. The summed E-state index contributed by atoms with van der Waals surface area (Å²) < 4.78 is 0. The lowest BCUT2D eigenvalue weighted by Crippen LogP contribution is -2.43. The number of aromatic amines is 1. The van der Waals surface area contributed by atoms with Gasteiger partial charge in [-0.05, 0) is 48.8 Å². The molecule has 2 atom stereocenters. The molecule has 0 saturated carbocycles. The molecule has 1 fully saturated rings. The van der Waals surface area contributed by atoms with E-state index in [1.54, 1.807) is 5.56 Å². The van der Waals surface area contributed by atoms with Crippen LogP contribution < -0.4 is 0 Å². The number of H-pyrrole nitrogens is 1. The van der Waals surface area contributed by atoms with Gasteiger partial charge in [-0.15, -0.1) is 0 Å². The molecule has 2 aromatic rings. The third-order valence-electron chi connectivity index (χ3n) is 5.77. The first-order valence-corrected chi connectivity index (χ1v) is 8.37. The molecule has 0 bridgehead atoms. The first-order valence-electron chi connectivity index (χ1n) is 8.37. The molecule has 3 heterocycles. The quantitative estimate of drug-likeness (QED) is 0.752. The Labute approximate surface area is 127 Å². The molecule has 1 N–H and O–H groups in total. The predicted molar refractivity (Wildman–Crippen MR) is 88.5 cm³/mol. The number of nitrogens with one attached hydrogen (secondary N) is 1. The molecule has 0 aliphatic carbocycles. The van der Waals surface area contributed by atoms with E-state index in [0.29, 0.717) is 11.5 Å². The maximum Gasteiger partial charge on any atom is 0.0504 e. The summed E-state index contributed by atoms with van der Waals surface area (Å²) >= 11 is 0. The van der Waals surface area contributed by atoms with Crippen molar-refractivity contribution < 1.29 is 0 Å². The Balaban J connectivity index is 1.75. The zero-order valence-corrected chi connectivity index (χ0v) is 13.4. The average Bonchev–Trinajstić information content (AvgIpc) is 2.84. The van der Waals surface area contributed by atoms with Crippen molar-refractivity contribution in [2.75, 3.05) is 13.1 Å². The fraction of sp³-hybridized carbons (Fsp3) is 0.579. The molecule has 0 spiro atoms. The highest BCUT2D eigenvalue weighted by atomic mass is 15.2. The second-order valence-corrected chi connectivity index (χ2v) is 7.95. The molecule has 2 aliphatic rings. The van der Waals surface area contributed by atoms with Gasteiger partial charge in [-0.1, -0.05) is 39.0 Å². The lowest BCUT2D eigenvalue weighted by atomic mass is 9.72. The molecule has 2 aliphatic heterocycles. The van der Waals surface area contributed by atoms with Crippen molar-refractivity contribution in [3.63, 3.8) is 0 Å². The van der Waals surface area contributed by atoms with E-state index in [0.717, 1.165) is 5.92 Å². The SMILES string of the molecule is CC(C)(C)[C@@H]1CCN2CCc3c([nH]c4ccccc34)[C@H]2C1. The van der Waals surface area contributed by atoms with Crippen LogP contribution in [0.2, 0.25) is 0 Å². The number of fused-ring (bicyclic) bond motifs is 5. The molecule has 0 amide bonds. The predicted octanol–water partition coefficient (Wildman–Crippen LogP) is 4.52. The Bertz CT molecular complexity index is 662. The van der Waals surface area contributed by atoms with Crippen LogP contribution in [0, 0.1) is 11.3 Å². The first kappa shape index (κ1) is 13.4. The third kappa shape index (κ3) is 2.12. The molecule has 1 aromatic heterocycles. The summed E-state index contributed by atoms with van der Waals surface area (Å²) in [6, 6.07) is 9.42. The van der Waals surface area contributed by atoms with Gasteiger partial charge in [0.2, 0.25) is 0 Å². The minimum absolute atomic E-state index is 0.426. The number of benzene rings is 1. The zero-order chi connectivity index (χ0) is 14.6. The largest absolute Gasteiger partial charge is 0.357 e. The lowest BCUT2D eigenvalue weighted by molar-refractivity contribution is 0.0537. The summed E-state index contributed by atoms with van der Waals surface area (Å²) in [7, 11) is 0. The minimum Gasteiger partial charge on any atom is -0.357 e. The second kappa shape index (κ2) is 4.61. The van der Waals surface area contributed by atoms with Gasteiger partial charge in [-0.25, -0.2) is 0 Å². The summed E-state index contributed by atoms with van der Waals surface area (Å²) in [5.41, 5.74) is 4.84. The van der Waals surface area contributed by atoms with Gasteiger partial charge in [0.15, 0.2) is 0 Å². The van der Waals surface area contributed by atoms with E-state index in [4.69, 9.17) is 0 Å². The summed E-state index contributed by atoms with van der Waals surface area (Å²) in [5, 5.41) is 1.45. The first-order chi connectivity index (χ1) is 10.0. The maximum absolute atomic E-state index is 3.75. The highest BCUT2D eigenvalue weighted by molar-refractivity contribution is 5.85. The van der Waals surface area contributed by atoms with E-state index < -0.39 is 0 Å². The molecular formula is C19H26N2. The van der Waals surface area contributed by atoms with Gasteiger partial charge >= 0.3 is 0 Å². The summed E-state index contributed by atoms with van der Waals surface area (Å²) in [6.07, 6.45) is 3.87. The number of hydrogen-bond acceptors (Lipinski definition) is 1. The van der Waals surface area contributed by atoms with Gasteiger partial charge in [-0.3, -0.25) is 4.90 Å². The van der Waals surface area contributed by atoms with Crippen LogP contribution in [0.25, 0.3) is 10.9 Å². The van der Waals surface area contributed by atoms with Crippen LogP contribution in [0.15, 0.2) is 24.3 Å². The fourth-order valence-corrected chi connectivity index (χ4v) is 4.40. The number of hydrogen-bond donors (Lipinski definition) is 1. The monoisotopic (exact) mass is 282 g/mol. The molecule has 1 aromatic carbocycles. The van der Waals surface area contributed by atoms with Crippen LogP contribution in [0.5, 0.6) is 0 Å². The Morgan fingerprint density at radius 2 is 1.95 bits per heavy atom. The van der Waals surface area contributed by atoms with E-state index in [9.17, 15) is 0 Å². The van der Waals surface area contributed by atoms with Crippen molar-refractivity contribution in [2.45, 2.75) is 46.1 Å². The Hall–Kier alpha value is -1.28. The third-order valence-corrected chi connectivity index (χ3v) is 5.77. The van der Waals surface area contributed by atoms with E-state index >= 15 is 0 Å². The number of piperidine rings is 1. The van der Waals surface area contributed by atoms with Crippen LogP contribution >= 0.6 is 0 Å². The van der Waals surface area contributed by atoms with Gasteiger partial charge in [0.05, 0.1) is 6.04 Å². The van der Waals surface area contributed by atoms with E-state index in [1.807, 2.05) is 0 Å². The molecular weight excluding hydrogens is 256 g/mol. The minimum atomic E-state index is 0.426. The van der Waals surface area contributed by atoms with Crippen LogP contribution in [-0.2, 0) is 6.42 Å². The van der Waals surface area contributed by atoms with Crippen molar-refractivity contribution >= 4 is 10.9 Å². The Morgan fingerprint density at radius 1 is 1.14 bits per heavy atom. The smallest absolute Gasteiger partial charge is 0.0504 e. The Kier molecular flexibility index (Phi) is 2.94. The molecule has 1 saturated heterocycles. The Morgan fingerprint density at radius 3 is 2.76 bits per heavy atom. The molecule has 2 nitrogen and oxygen atoms in total. The lowest BCUT2D eigenvalue weighted by Gasteiger charge is -2.46. The van der Waals surface area contributed by atoms with Crippen molar-refractivity contribution in [1.82, 2.24) is 9.88 Å². The van der Waals surface area contributed by atoms with E-state index in [-0.39, 0.29) is 0 Å². The second-order valence-electron chi connectivity index (χ2n) is 7.95. The van der Waals surface area contributed by atoms with Crippen LogP contribution in [0.3, 0.4) is 0 Å². The van der Waals surface area contributed by atoms with Gasteiger partial charge in [0.25, 0.3) is 0 Å². The number of aromatic nitrogens is 1. The highest BCUT2D eigenvalue weighted by Crippen LogP contribution is 2.45. The van der Waals surface area contributed by atoms with Crippen molar-refractivity contribution in [3.8, 4) is 0 Å². The molecule has 2 heteroatoms. The number of rotatable bonds is 0. The van der Waals surface area contributed by atoms with Crippen molar-refractivity contribution in [2.24, 2.45) is 11.3 Å². The van der Waals surface area contributed by atoms with E-state index in [2.05, 4.69) is 54.9 Å². The average molecular weight is 282 g/mol. The van der Waals surface area contributed by atoms with Gasteiger partial charge < -0.3 is 4.98 Å². The van der Waals surface area contributed by atoms with Crippen LogP contribution in [0.4, 0.5) is 0 Å². The maximum atomic E-state index is 3.75. The molecule has 0 unspecified atom stereocenters. The summed E-state index contributed by atoms with van der Waals surface area (Å²) in [4.78, 5) is 6.45. The zero-order valence-electron chi connectivity index (χ0n) is 13.4. The van der Waals surface area contributed by atoms with Gasteiger partial charge in [0.1, 0.15) is 0 Å². The number of para-hydroxylation sites is 1. The highest BCUT2D eigenvalue weighted by Gasteiger charge is 2.38. The standard InChI is InChI=1S/C19H26N2/c1-19(2,3)13-8-10-21-11-9-15-14-6-4-5-7-16(14)20-18(15)17(21)12-13/h4-7,13,17,20H,8-12H2,1-3H3/t13-,17-/m1/s1. The number of nitrogens with zero attached hydrogens (tertiary/aromatic N) is 1. The van der Waals surface area contributed by atoms with Crippen molar-refractivity contribution in [1.29, 1.82) is 0 Å². The van der Waals surface area contributed by atoms with Crippen molar-refractivity contribution in [3.05, 3.63) is 35.5 Å².